The Balaban J connectivity index is 1.67. The van der Waals surface area contributed by atoms with Crippen LogP contribution >= 0.6 is 0 Å². The number of nitrogens with zero attached hydrogens (tertiary/aromatic N) is 2. The summed E-state index contributed by atoms with van der Waals surface area (Å²) in [4.78, 5) is 30.3. The maximum atomic E-state index is 13.7. The minimum absolute atomic E-state index is 0.197. The minimum atomic E-state index is -1.16. The van der Waals surface area contributed by atoms with E-state index in [0.29, 0.717) is 6.67 Å². The van der Waals surface area contributed by atoms with Crippen LogP contribution in [0, 0.1) is 0 Å². The van der Waals surface area contributed by atoms with Crippen LogP contribution in [0.25, 0.3) is 0 Å². The molecule has 5 heteroatoms. The molecule has 2 aliphatic heterocycles. The number of nitrogens with one attached hydrogen (secondary N) is 1. The quantitative estimate of drug-likeness (QED) is 0.827. The van der Waals surface area contributed by atoms with E-state index in [9.17, 15) is 9.59 Å². The second kappa shape index (κ2) is 8.15. The first-order valence-electron chi connectivity index (χ1n) is 10.2. The lowest BCUT2D eigenvalue weighted by atomic mass is 9.83. The Labute approximate surface area is 166 Å². The summed E-state index contributed by atoms with van der Waals surface area (Å²) >= 11 is 0. The van der Waals surface area contributed by atoms with E-state index < -0.39 is 5.54 Å². The molecule has 2 saturated heterocycles. The van der Waals surface area contributed by atoms with Crippen molar-refractivity contribution in [3.63, 3.8) is 0 Å². The van der Waals surface area contributed by atoms with E-state index in [1.807, 2.05) is 60.7 Å². The Morgan fingerprint density at radius 1 is 0.750 bits per heavy atom. The van der Waals surface area contributed by atoms with Crippen molar-refractivity contribution < 1.29 is 9.59 Å². The molecule has 0 atom stereocenters. The van der Waals surface area contributed by atoms with Gasteiger partial charge in [-0.05, 0) is 37.1 Å². The highest BCUT2D eigenvalue weighted by Crippen LogP contribution is 2.36. The van der Waals surface area contributed by atoms with Gasteiger partial charge in [0.1, 0.15) is 0 Å². The SMILES string of the molecule is O=C1NC(c2ccccc2)(c2ccccc2)C(=O)N1CN1CCCCCCC1. The third-order valence-electron chi connectivity index (χ3n) is 5.81. The molecule has 1 N–H and O–H groups in total. The van der Waals surface area contributed by atoms with Gasteiger partial charge in [0.15, 0.2) is 5.54 Å². The van der Waals surface area contributed by atoms with Crippen molar-refractivity contribution in [2.24, 2.45) is 0 Å². The van der Waals surface area contributed by atoms with Gasteiger partial charge in [-0.25, -0.2) is 9.69 Å². The molecule has 0 saturated carbocycles. The molecule has 146 valence electrons. The van der Waals surface area contributed by atoms with Gasteiger partial charge in [0.25, 0.3) is 5.91 Å². The molecule has 0 unspecified atom stereocenters. The summed E-state index contributed by atoms with van der Waals surface area (Å²) in [6.45, 7) is 2.22. The standard InChI is InChI=1S/C23H27N3O2/c27-21-23(19-12-6-4-7-13-19,20-14-8-5-9-15-20)24-22(28)26(21)18-25-16-10-2-1-3-11-17-25/h4-9,12-15H,1-3,10-11,16-18H2,(H,24,28). The lowest BCUT2D eigenvalue weighted by Crippen LogP contribution is -2.46. The second-order valence-electron chi connectivity index (χ2n) is 7.67. The molecule has 28 heavy (non-hydrogen) atoms. The number of amides is 3. The maximum absolute atomic E-state index is 13.7. The molecule has 4 rings (SSSR count). The number of hydrogen-bond acceptors (Lipinski definition) is 3. The highest BCUT2D eigenvalue weighted by molar-refractivity contribution is 6.09. The fraction of sp³-hybridized carbons (Fsp3) is 0.391. The summed E-state index contributed by atoms with van der Waals surface area (Å²) in [5.74, 6) is -0.197. The first-order chi connectivity index (χ1) is 13.7. The summed E-state index contributed by atoms with van der Waals surface area (Å²) in [5, 5.41) is 3.03. The number of urea groups is 1. The van der Waals surface area contributed by atoms with Crippen LogP contribution in [0.3, 0.4) is 0 Å². The second-order valence-corrected chi connectivity index (χ2v) is 7.67. The van der Waals surface area contributed by atoms with Crippen LogP contribution in [-0.2, 0) is 10.3 Å². The fourth-order valence-electron chi connectivity index (χ4n) is 4.29. The minimum Gasteiger partial charge on any atom is -0.315 e. The van der Waals surface area contributed by atoms with Crippen molar-refractivity contribution in [3.05, 3.63) is 71.8 Å². The van der Waals surface area contributed by atoms with E-state index in [4.69, 9.17) is 0 Å². The van der Waals surface area contributed by atoms with E-state index >= 15 is 0 Å². The van der Waals surface area contributed by atoms with Crippen LogP contribution in [0.15, 0.2) is 60.7 Å². The van der Waals surface area contributed by atoms with E-state index in [1.54, 1.807) is 0 Å². The van der Waals surface area contributed by atoms with Crippen LogP contribution in [0.5, 0.6) is 0 Å². The van der Waals surface area contributed by atoms with Crippen molar-refractivity contribution in [2.45, 2.75) is 37.6 Å². The molecule has 0 spiro atoms. The Morgan fingerprint density at radius 3 is 1.79 bits per heavy atom. The Bertz CT molecular complexity index is 775. The Morgan fingerprint density at radius 2 is 1.25 bits per heavy atom. The predicted octanol–water partition coefficient (Wildman–Crippen LogP) is 3.71. The van der Waals surface area contributed by atoms with Crippen molar-refractivity contribution in [1.82, 2.24) is 15.1 Å². The number of rotatable bonds is 4. The summed E-state index contributed by atoms with van der Waals surface area (Å²) in [6.07, 6.45) is 5.95. The third kappa shape index (κ3) is 3.42. The van der Waals surface area contributed by atoms with E-state index in [1.165, 1.54) is 24.2 Å². The van der Waals surface area contributed by atoms with Crippen LogP contribution in [0.1, 0.15) is 43.2 Å². The lowest BCUT2D eigenvalue weighted by Gasteiger charge is -2.30. The number of benzene rings is 2. The van der Waals surface area contributed by atoms with Crippen molar-refractivity contribution in [2.75, 3.05) is 19.8 Å². The zero-order chi connectivity index (χ0) is 19.4. The van der Waals surface area contributed by atoms with E-state index in [-0.39, 0.29) is 11.9 Å². The molecular formula is C23H27N3O2. The largest absolute Gasteiger partial charge is 0.326 e. The number of carbonyl (C=O) groups excluding carboxylic acids is 2. The average molecular weight is 377 g/mol. The van der Waals surface area contributed by atoms with E-state index in [0.717, 1.165) is 37.1 Å². The topological polar surface area (TPSA) is 52.7 Å². The Kier molecular flexibility index (Phi) is 5.44. The molecule has 2 fully saturated rings. The zero-order valence-electron chi connectivity index (χ0n) is 16.1. The van der Waals surface area contributed by atoms with Gasteiger partial charge in [-0.2, -0.15) is 0 Å². The van der Waals surface area contributed by atoms with Gasteiger partial charge in [0.2, 0.25) is 0 Å². The summed E-state index contributed by atoms with van der Waals surface area (Å²) in [5.41, 5.74) is 0.409. The molecule has 0 aromatic heterocycles. The third-order valence-corrected chi connectivity index (χ3v) is 5.81. The first-order valence-corrected chi connectivity index (χ1v) is 10.2. The summed E-state index contributed by atoms with van der Waals surface area (Å²) < 4.78 is 0. The average Bonchev–Trinajstić information content (AvgIpc) is 2.96. The van der Waals surface area contributed by atoms with Crippen molar-refractivity contribution in [3.8, 4) is 0 Å². The first kappa shape index (κ1) is 18.7. The molecule has 0 bridgehead atoms. The van der Waals surface area contributed by atoms with Gasteiger partial charge in [0.05, 0.1) is 6.67 Å². The van der Waals surface area contributed by atoms with Gasteiger partial charge < -0.3 is 5.32 Å². The molecule has 0 aliphatic carbocycles. The number of likely N-dealkylation sites (tertiary alicyclic amines) is 1. The van der Waals surface area contributed by atoms with E-state index in [2.05, 4.69) is 10.2 Å². The van der Waals surface area contributed by atoms with Gasteiger partial charge >= 0.3 is 6.03 Å². The number of hydrogen-bond donors (Lipinski definition) is 1. The maximum Gasteiger partial charge on any atom is 0.326 e. The molecule has 2 aromatic carbocycles. The van der Waals surface area contributed by atoms with Gasteiger partial charge in [-0.3, -0.25) is 9.69 Å². The summed E-state index contributed by atoms with van der Waals surface area (Å²) in [6, 6.07) is 18.8. The van der Waals surface area contributed by atoms with Crippen molar-refractivity contribution >= 4 is 11.9 Å². The zero-order valence-corrected chi connectivity index (χ0v) is 16.1. The molecule has 5 nitrogen and oxygen atoms in total. The van der Waals surface area contributed by atoms with Crippen LogP contribution in [0.2, 0.25) is 0 Å². The Hall–Kier alpha value is -2.66. The fourth-order valence-corrected chi connectivity index (χ4v) is 4.29. The highest BCUT2D eigenvalue weighted by Gasteiger charge is 2.53. The molecular weight excluding hydrogens is 350 g/mol. The van der Waals surface area contributed by atoms with Gasteiger partial charge in [0, 0.05) is 0 Å². The molecule has 0 radical (unpaired) electrons. The number of carbonyl (C=O) groups is 2. The lowest BCUT2D eigenvalue weighted by molar-refractivity contribution is -0.131. The molecule has 2 heterocycles. The summed E-state index contributed by atoms with van der Waals surface area (Å²) in [7, 11) is 0. The van der Waals surface area contributed by atoms with Crippen molar-refractivity contribution in [1.29, 1.82) is 0 Å². The van der Waals surface area contributed by atoms with Crippen LogP contribution in [-0.4, -0.2) is 41.5 Å². The van der Waals surface area contributed by atoms with Crippen LogP contribution in [0.4, 0.5) is 4.79 Å². The monoisotopic (exact) mass is 377 g/mol. The number of imide groups is 1. The van der Waals surface area contributed by atoms with Gasteiger partial charge in [-0.15, -0.1) is 0 Å². The van der Waals surface area contributed by atoms with Gasteiger partial charge in [-0.1, -0.05) is 79.9 Å². The molecule has 3 amide bonds. The van der Waals surface area contributed by atoms with Crippen LogP contribution < -0.4 is 5.32 Å². The molecule has 2 aromatic rings. The predicted molar refractivity (Wildman–Crippen MR) is 109 cm³/mol. The smallest absolute Gasteiger partial charge is 0.315 e. The molecule has 2 aliphatic rings. The highest BCUT2D eigenvalue weighted by atomic mass is 16.2. The normalized spacial score (nSPS) is 20.5.